The van der Waals surface area contributed by atoms with Crippen molar-refractivity contribution in [3.8, 4) is 10.6 Å². The number of hydrogen-bond donors (Lipinski definition) is 2. The van der Waals surface area contributed by atoms with Gasteiger partial charge in [-0.15, -0.1) is 11.3 Å². The molecule has 0 aliphatic carbocycles. The summed E-state index contributed by atoms with van der Waals surface area (Å²) < 4.78 is 0. The van der Waals surface area contributed by atoms with Crippen molar-refractivity contribution in [2.24, 2.45) is 11.7 Å². The van der Waals surface area contributed by atoms with E-state index in [0.717, 1.165) is 53.8 Å². The van der Waals surface area contributed by atoms with Crippen molar-refractivity contribution >= 4 is 28.8 Å². The molecule has 1 fully saturated rings. The van der Waals surface area contributed by atoms with Crippen LogP contribution >= 0.6 is 22.9 Å². The Morgan fingerprint density at radius 2 is 2.18 bits per heavy atom. The minimum atomic E-state index is -0.169. The molecule has 2 atom stereocenters. The van der Waals surface area contributed by atoms with Gasteiger partial charge in [-0.05, 0) is 25.0 Å². The Labute approximate surface area is 138 Å². The zero-order chi connectivity index (χ0) is 15.5. The van der Waals surface area contributed by atoms with Crippen LogP contribution in [0.1, 0.15) is 18.5 Å². The Morgan fingerprint density at radius 1 is 1.41 bits per heavy atom. The van der Waals surface area contributed by atoms with E-state index in [1.165, 1.54) is 4.90 Å². The van der Waals surface area contributed by atoms with Gasteiger partial charge in [0.05, 0.1) is 19.0 Å². The summed E-state index contributed by atoms with van der Waals surface area (Å²) in [6, 6.07) is 7.74. The van der Waals surface area contributed by atoms with Crippen LogP contribution in [0.25, 0.3) is 10.6 Å². The summed E-state index contributed by atoms with van der Waals surface area (Å²) in [4.78, 5) is 17.5. The molecule has 1 aliphatic rings. The molecule has 0 bridgehead atoms. The van der Waals surface area contributed by atoms with Crippen molar-refractivity contribution in [3.63, 3.8) is 0 Å². The summed E-state index contributed by atoms with van der Waals surface area (Å²) >= 11 is 7.56. The lowest BCUT2D eigenvalue weighted by molar-refractivity contribution is -0.921. The zero-order valence-electron chi connectivity index (χ0n) is 12.2. The molecule has 6 heteroatoms. The quantitative estimate of drug-likeness (QED) is 0.893. The van der Waals surface area contributed by atoms with Gasteiger partial charge in [0.1, 0.15) is 17.2 Å². The standard InChI is InChI=1S/C16H18ClN3OS/c17-13-5-3-11(4-6-13)16-19-14(10-22-16)9-20-7-1-2-12(8-20)15(18)21/h3-6,10,12H,1-2,7-9H2,(H2,18,21)/p+1/t12-/m1/s1. The fourth-order valence-electron chi connectivity index (χ4n) is 2.92. The SMILES string of the molecule is NC(=O)[C@@H]1CCC[NH+](Cc2csc(-c3ccc(Cl)cc3)n2)C1. The Bertz CT molecular complexity index is 656. The highest BCUT2D eigenvalue weighted by Gasteiger charge is 2.27. The van der Waals surface area contributed by atoms with Crippen molar-refractivity contribution < 1.29 is 9.69 Å². The molecule has 1 unspecified atom stereocenters. The summed E-state index contributed by atoms with van der Waals surface area (Å²) in [6.45, 7) is 2.76. The second kappa shape index (κ2) is 6.77. The topological polar surface area (TPSA) is 60.4 Å². The largest absolute Gasteiger partial charge is 0.369 e. The normalized spacial score (nSPS) is 21.7. The molecule has 3 rings (SSSR count). The van der Waals surface area contributed by atoms with Gasteiger partial charge in [-0.1, -0.05) is 23.7 Å². The predicted molar refractivity (Wildman–Crippen MR) is 88.9 cm³/mol. The number of halogens is 1. The summed E-state index contributed by atoms with van der Waals surface area (Å²) in [6.07, 6.45) is 1.98. The molecule has 116 valence electrons. The second-order valence-electron chi connectivity index (χ2n) is 5.77. The number of carbonyl (C=O) groups excluding carboxylic acids is 1. The molecule has 22 heavy (non-hydrogen) atoms. The molecular weight excluding hydrogens is 318 g/mol. The summed E-state index contributed by atoms with van der Waals surface area (Å²) in [5.41, 5.74) is 7.60. The first kappa shape index (κ1) is 15.5. The van der Waals surface area contributed by atoms with Gasteiger partial charge in [0, 0.05) is 16.0 Å². The third-order valence-electron chi connectivity index (χ3n) is 4.09. The van der Waals surface area contributed by atoms with Crippen LogP contribution in [-0.4, -0.2) is 24.0 Å². The van der Waals surface area contributed by atoms with Crippen LogP contribution in [-0.2, 0) is 11.3 Å². The number of aromatic nitrogens is 1. The van der Waals surface area contributed by atoms with Gasteiger partial charge in [-0.2, -0.15) is 0 Å². The van der Waals surface area contributed by atoms with E-state index >= 15 is 0 Å². The lowest BCUT2D eigenvalue weighted by Gasteiger charge is -2.27. The first-order chi connectivity index (χ1) is 10.6. The van der Waals surface area contributed by atoms with Crippen molar-refractivity contribution in [1.82, 2.24) is 4.98 Å². The fraction of sp³-hybridized carbons (Fsp3) is 0.375. The van der Waals surface area contributed by atoms with Crippen LogP contribution in [0.3, 0.4) is 0 Å². The monoisotopic (exact) mass is 336 g/mol. The van der Waals surface area contributed by atoms with E-state index in [-0.39, 0.29) is 11.8 Å². The number of carbonyl (C=O) groups is 1. The lowest BCUT2D eigenvalue weighted by atomic mass is 9.97. The van der Waals surface area contributed by atoms with Crippen LogP contribution in [0, 0.1) is 5.92 Å². The van der Waals surface area contributed by atoms with Crippen LogP contribution in [0.2, 0.25) is 5.02 Å². The molecule has 1 aromatic carbocycles. The van der Waals surface area contributed by atoms with Gasteiger partial charge >= 0.3 is 0 Å². The molecule has 0 radical (unpaired) electrons. The van der Waals surface area contributed by atoms with Gasteiger partial charge < -0.3 is 10.6 Å². The molecule has 0 saturated carbocycles. The number of thiazole rings is 1. The van der Waals surface area contributed by atoms with Gasteiger partial charge in [-0.25, -0.2) is 4.98 Å². The number of benzene rings is 1. The number of piperidine rings is 1. The first-order valence-corrected chi connectivity index (χ1v) is 8.71. The summed E-state index contributed by atoms with van der Waals surface area (Å²) in [7, 11) is 0. The molecule has 3 N–H and O–H groups in total. The number of nitrogens with zero attached hydrogens (tertiary/aromatic N) is 1. The van der Waals surface area contributed by atoms with Crippen LogP contribution in [0.4, 0.5) is 0 Å². The van der Waals surface area contributed by atoms with E-state index in [9.17, 15) is 4.79 Å². The van der Waals surface area contributed by atoms with Crippen molar-refractivity contribution in [3.05, 3.63) is 40.4 Å². The maximum Gasteiger partial charge on any atom is 0.226 e. The Morgan fingerprint density at radius 3 is 2.91 bits per heavy atom. The molecule has 2 aromatic rings. The molecule has 1 aliphatic heterocycles. The maximum absolute atomic E-state index is 11.4. The zero-order valence-corrected chi connectivity index (χ0v) is 13.8. The first-order valence-electron chi connectivity index (χ1n) is 7.45. The minimum absolute atomic E-state index is 0.0121. The summed E-state index contributed by atoms with van der Waals surface area (Å²) in [5.74, 6) is -0.157. The van der Waals surface area contributed by atoms with Crippen LogP contribution < -0.4 is 10.6 Å². The molecular formula is C16H19ClN3OS+. The number of hydrogen-bond acceptors (Lipinski definition) is 3. The van der Waals surface area contributed by atoms with Crippen molar-refractivity contribution in [2.45, 2.75) is 19.4 Å². The van der Waals surface area contributed by atoms with Gasteiger partial charge in [0.15, 0.2) is 0 Å². The Kier molecular flexibility index (Phi) is 4.76. The molecule has 0 spiro atoms. The number of quaternary nitrogens is 1. The third-order valence-corrected chi connectivity index (χ3v) is 5.29. The van der Waals surface area contributed by atoms with Gasteiger partial charge in [-0.3, -0.25) is 4.79 Å². The van der Waals surface area contributed by atoms with E-state index in [2.05, 4.69) is 5.38 Å². The van der Waals surface area contributed by atoms with E-state index < -0.39 is 0 Å². The van der Waals surface area contributed by atoms with E-state index in [1.807, 2.05) is 24.3 Å². The highest BCUT2D eigenvalue weighted by Crippen LogP contribution is 2.24. The average Bonchev–Trinajstić information content (AvgIpc) is 2.96. The second-order valence-corrected chi connectivity index (χ2v) is 7.07. The summed E-state index contributed by atoms with van der Waals surface area (Å²) in [5, 5.41) is 3.84. The van der Waals surface area contributed by atoms with Crippen LogP contribution in [0.15, 0.2) is 29.6 Å². The molecule has 1 amide bonds. The van der Waals surface area contributed by atoms with Gasteiger partial charge in [0.25, 0.3) is 0 Å². The highest BCUT2D eigenvalue weighted by molar-refractivity contribution is 7.13. The maximum atomic E-state index is 11.4. The molecule has 4 nitrogen and oxygen atoms in total. The molecule has 2 heterocycles. The lowest BCUT2D eigenvalue weighted by Crippen LogP contribution is -3.12. The number of amides is 1. The highest BCUT2D eigenvalue weighted by atomic mass is 35.5. The van der Waals surface area contributed by atoms with E-state index in [0.29, 0.717) is 0 Å². The predicted octanol–water partition coefficient (Wildman–Crippen LogP) is 1.74. The van der Waals surface area contributed by atoms with Crippen LogP contribution in [0.5, 0.6) is 0 Å². The number of likely N-dealkylation sites (tertiary alicyclic amines) is 1. The average molecular weight is 337 g/mol. The number of rotatable bonds is 4. The third kappa shape index (κ3) is 3.66. The minimum Gasteiger partial charge on any atom is -0.369 e. The van der Waals surface area contributed by atoms with Crippen molar-refractivity contribution in [2.75, 3.05) is 13.1 Å². The van der Waals surface area contributed by atoms with Crippen molar-refractivity contribution in [1.29, 1.82) is 0 Å². The fourth-order valence-corrected chi connectivity index (χ4v) is 3.88. The molecule has 1 aromatic heterocycles. The van der Waals surface area contributed by atoms with Gasteiger partial charge in [0.2, 0.25) is 5.91 Å². The number of nitrogens with two attached hydrogens (primary N) is 1. The smallest absolute Gasteiger partial charge is 0.226 e. The van der Waals surface area contributed by atoms with E-state index in [1.54, 1.807) is 11.3 Å². The Balaban J connectivity index is 1.66. The van der Waals surface area contributed by atoms with E-state index in [4.69, 9.17) is 22.3 Å². The molecule has 1 saturated heterocycles. The number of nitrogens with one attached hydrogen (secondary N) is 1. The Hall–Kier alpha value is -1.43. The number of primary amides is 1.